The summed E-state index contributed by atoms with van der Waals surface area (Å²) in [5.74, 6) is -0.896. The smallest absolute Gasteiger partial charge is 0.337 e. The van der Waals surface area contributed by atoms with Crippen molar-refractivity contribution >= 4 is 11.7 Å². The fourth-order valence-electron chi connectivity index (χ4n) is 1.62. The first-order chi connectivity index (χ1) is 8.06. The number of benzene rings is 1. The molecule has 0 aromatic heterocycles. The van der Waals surface area contributed by atoms with E-state index in [1.807, 2.05) is 37.9 Å². The number of ether oxygens (including phenoxy) is 1. The molecule has 0 heterocycles. The first-order valence-electron chi connectivity index (χ1n) is 5.69. The summed E-state index contributed by atoms with van der Waals surface area (Å²) in [5.41, 5.74) is 2.01. The summed E-state index contributed by atoms with van der Waals surface area (Å²) >= 11 is 0. The predicted octanol–water partition coefficient (Wildman–Crippen LogP) is 2.17. The lowest BCUT2D eigenvalue weighted by Gasteiger charge is -2.21. The highest BCUT2D eigenvalue weighted by Crippen LogP contribution is 2.20. The molecule has 0 aliphatic rings. The number of carbonyl (C=O) groups is 1. The summed E-state index contributed by atoms with van der Waals surface area (Å²) in [6.45, 7) is 5.77. The van der Waals surface area contributed by atoms with Crippen molar-refractivity contribution in [1.82, 2.24) is 0 Å². The van der Waals surface area contributed by atoms with Crippen LogP contribution in [0.25, 0.3) is 0 Å². The molecule has 1 rings (SSSR count). The van der Waals surface area contributed by atoms with E-state index in [-0.39, 0.29) is 0 Å². The average molecular weight is 237 g/mol. The van der Waals surface area contributed by atoms with Crippen LogP contribution in [-0.4, -0.2) is 37.9 Å². The highest BCUT2D eigenvalue weighted by molar-refractivity contribution is 5.94. The van der Waals surface area contributed by atoms with Gasteiger partial charge in [-0.25, -0.2) is 4.79 Å². The Morgan fingerprint density at radius 1 is 1.47 bits per heavy atom. The van der Waals surface area contributed by atoms with Crippen molar-refractivity contribution in [2.45, 2.75) is 13.8 Å². The van der Waals surface area contributed by atoms with Gasteiger partial charge in [0.15, 0.2) is 0 Å². The Hall–Kier alpha value is -1.55. The molecule has 0 spiro atoms. The van der Waals surface area contributed by atoms with Crippen molar-refractivity contribution in [3.63, 3.8) is 0 Å². The summed E-state index contributed by atoms with van der Waals surface area (Å²) in [7, 11) is 1.87. The second-order valence-corrected chi connectivity index (χ2v) is 3.94. The number of nitrogens with zero attached hydrogens (tertiary/aromatic N) is 1. The van der Waals surface area contributed by atoms with Crippen LogP contribution in [0.2, 0.25) is 0 Å². The SMILES string of the molecule is CCOCCN(C)c1ccc(C)cc1C(=O)O. The summed E-state index contributed by atoms with van der Waals surface area (Å²) in [6.07, 6.45) is 0. The summed E-state index contributed by atoms with van der Waals surface area (Å²) in [4.78, 5) is 13.1. The Morgan fingerprint density at radius 2 is 2.18 bits per heavy atom. The van der Waals surface area contributed by atoms with Crippen LogP contribution in [0.1, 0.15) is 22.8 Å². The van der Waals surface area contributed by atoms with Gasteiger partial charge in [-0.15, -0.1) is 0 Å². The minimum atomic E-state index is -0.896. The van der Waals surface area contributed by atoms with Crippen LogP contribution in [0.15, 0.2) is 18.2 Å². The monoisotopic (exact) mass is 237 g/mol. The molecule has 0 aliphatic carbocycles. The van der Waals surface area contributed by atoms with Crippen LogP contribution in [0, 0.1) is 6.92 Å². The minimum Gasteiger partial charge on any atom is -0.478 e. The molecule has 1 aromatic rings. The zero-order valence-corrected chi connectivity index (χ0v) is 10.6. The van der Waals surface area contributed by atoms with Gasteiger partial charge in [-0.2, -0.15) is 0 Å². The third-order valence-electron chi connectivity index (χ3n) is 2.57. The number of aryl methyl sites for hydroxylation is 1. The van der Waals surface area contributed by atoms with Gasteiger partial charge in [0.1, 0.15) is 0 Å². The van der Waals surface area contributed by atoms with E-state index in [0.717, 1.165) is 11.3 Å². The highest BCUT2D eigenvalue weighted by Gasteiger charge is 2.13. The minimum absolute atomic E-state index is 0.337. The van der Waals surface area contributed by atoms with E-state index < -0.39 is 5.97 Å². The molecule has 4 nitrogen and oxygen atoms in total. The third-order valence-corrected chi connectivity index (χ3v) is 2.57. The van der Waals surface area contributed by atoms with Crippen molar-refractivity contribution in [3.05, 3.63) is 29.3 Å². The van der Waals surface area contributed by atoms with Gasteiger partial charge in [0.05, 0.1) is 17.9 Å². The summed E-state index contributed by atoms with van der Waals surface area (Å²) in [5, 5.41) is 9.15. The van der Waals surface area contributed by atoms with Gasteiger partial charge in [-0.1, -0.05) is 11.6 Å². The first kappa shape index (κ1) is 13.5. The van der Waals surface area contributed by atoms with E-state index in [0.29, 0.717) is 25.3 Å². The largest absolute Gasteiger partial charge is 0.478 e. The Morgan fingerprint density at radius 3 is 2.76 bits per heavy atom. The molecule has 0 unspecified atom stereocenters. The molecule has 0 atom stereocenters. The molecular formula is C13H19NO3. The summed E-state index contributed by atoms with van der Waals surface area (Å²) in [6, 6.07) is 5.44. The topological polar surface area (TPSA) is 49.8 Å². The molecule has 0 radical (unpaired) electrons. The number of likely N-dealkylation sites (N-methyl/N-ethyl adjacent to an activating group) is 1. The van der Waals surface area contributed by atoms with E-state index in [1.165, 1.54) is 0 Å². The number of anilines is 1. The molecule has 0 fully saturated rings. The zero-order chi connectivity index (χ0) is 12.8. The number of aromatic carboxylic acids is 1. The Kier molecular flexibility index (Phi) is 4.97. The van der Waals surface area contributed by atoms with Crippen molar-refractivity contribution in [2.24, 2.45) is 0 Å². The Bertz CT molecular complexity index is 390. The van der Waals surface area contributed by atoms with Crippen molar-refractivity contribution in [2.75, 3.05) is 31.7 Å². The van der Waals surface area contributed by atoms with Crippen molar-refractivity contribution < 1.29 is 14.6 Å². The average Bonchev–Trinajstić information content (AvgIpc) is 2.29. The van der Waals surface area contributed by atoms with Crippen LogP contribution in [0.3, 0.4) is 0 Å². The van der Waals surface area contributed by atoms with Gasteiger partial charge in [0, 0.05) is 20.2 Å². The predicted molar refractivity (Wildman–Crippen MR) is 67.9 cm³/mol. The fraction of sp³-hybridized carbons (Fsp3) is 0.462. The van der Waals surface area contributed by atoms with Gasteiger partial charge in [0.2, 0.25) is 0 Å². The van der Waals surface area contributed by atoms with E-state index in [9.17, 15) is 4.79 Å². The number of rotatable bonds is 6. The van der Waals surface area contributed by atoms with E-state index in [2.05, 4.69) is 0 Å². The highest BCUT2D eigenvalue weighted by atomic mass is 16.5. The summed E-state index contributed by atoms with van der Waals surface area (Å²) < 4.78 is 5.26. The second kappa shape index (κ2) is 6.25. The van der Waals surface area contributed by atoms with Gasteiger partial charge in [0.25, 0.3) is 0 Å². The number of carboxylic acid groups (broad SMARTS) is 1. The van der Waals surface area contributed by atoms with Gasteiger partial charge in [-0.05, 0) is 26.0 Å². The molecule has 0 bridgehead atoms. The molecule has 1 aromatic carbocycles. The lowest BCUT2D eigenvalue weighted by Crippen LogP contribution is -2.24. The van der Waals surface area contributed by atoms with Gasteiger partial charge >= 0.3 is 5.97 Å². The van der Waals surface area contributed by atoms with E-state index >= 15 is 0 Å². The Labute approximate surface area is 102 Å². The molecule has 0 saturated carbocycles. The molecule has 0 aliphatic heterocycles. The lowest BCUT2D eigenvalue weighted by molar-refractivity contribution is 0.0697. The number of hydrogen-bond acceptors (Lipinski definition) is 3. The molecule has 1 N–H and O–H groups in total. The van der Waals surface area contributed by atoms with Crippen LogP contribution in [-0.2, 0) is 4.74 Å². The third kappa shape index (κ3) is 3.75. The molecule has 4 heteroatoms. The van der Waals surface area contributed by atoms with E-state index in [4.69, 9.17) is 9.84 Å². The molecule has 0 amide bonds. The number of carboxylic acids is 1. The van der Waals surface area contributed by atoms with Crippen LogP contribution in [0.5, 0.6) is 0 Å². The van der Waals surface area contributed by atoms with Crippen LogP contribution >= 0.6 is 0 Å². The maximum atomic E-state index is 11.2. The molecule has 0 saturated heterocycles. The molecule has 17 heavy (non-hydrogen) atoms. The normalized spacial score (nSPS) is 10.3. The fourth-order valence-corrected chi connectivity index (χ4v) is 1.62. The maximum Gasteiger partial charge on any atom is 0.337 e. The number of hydrogen-bond donors (Lipinski definition) is 1. The van der Waals surface area contributed by atoms with Gasteiger partial charge < -0.3 is 14.7 Å². The molecular weight excluding hydrogens is 218 g/mol. The lowest BCUT2D eigenvalue weighted by atomic mass is 10.1. The quantitative estimate of drug-likeness (QED) is 0.770. The van der Waals surface area contributed by atoms with Crippen LogP contribution < -0.4 is 4.90 Å². The maximum absolute atomic E-state index is 11.2. The van der Waals surface area contributed by atoms with Gasteiger partial charge in [-0.3, -0.25) is 0 Å². The Balaban J connectivity index is 2.84. The van der Waals surface area contributed by atoms with E-state index in [1.54, 1.807) is 6.07 Å². The van der Waals surface area contributed by atoms with Crippen LogP contribution in [0.4, 0.5) is 5.69 Å². The molecule has 94 valence electrons. The standard InChI is InChI=1S/C13H19NO3/c1-4-17-8-7-14(3)12-6-5-10(2)9-11(12)13(15)16/h5-6,9H,4,7-8H2,1-3H3,(H,15,16). The van der Waals surface area contributed by atoms with Crippen molar-refractivity contribution in [1.29, 1.82) is 0 Å². The second-order valence-electron chi connectivity index (χ2n) is 3.94. The zero-order valence-electron chi connectivity index (χ0n) is 10.6. The van der Waals surface area contributed by atoms with Crippen molar-refractivity contribution in [3.8, 4) is 0 Å². The first-order valence-corrected chi connectivity index (χ1v) is 5.69.